The summed E-state index contributed by atoms with van der Waals surface area (Å²) in [4.78, 5) is 26.0. The van der Waals surface area contributed by atoms with E-state index in [0.717, 1.165) is 37.3 Å². The van der Waals surface area contributed by atoms with Crippen LogP contribution in [0.1, 0.15) is 17.4 Å². The Hall–Kier alpha value is -2.58. The molecule has 0 unspecified atom stereocenters. The zero-order valence-electron chi connectivity index (χ0n) is 13.8. The number of fused-ring (bicyclic) bond motifs is 1. The van der Waals surface area contributed by atoms with Crippen LogP contribution < -0.4 is 5.56 Å². The number of hydrogen-bond donors (Lipinski definition) is 1. The number of hydrogen-bond acceptors (Lipinski definition) is 7. The van der Waals surface area contributed by atoms with Gasteiger partial charge in [0.1, 0.15) is 5.69 Å². The molecule has 25 heavy (non-hydrogen) atoms. The number of morpholine rings is 1. The molecular formula is C17H19N5O3. The number of rotatable bonds is 5. The summed E-state index contributed by atoms with van der Waals surface area (Å²) in [6.07, 6.45) is 0.948. The number of ether oxygens (including phenoxy) is 1. The minimum absolute atomic E-state index is 0.174. The third kappa shape index (κ3) is 3.75. The van der Waals surface area contributed by atoms with Crippen molar-refractivity contribution in [3.8, 4) is 0 Å². The van der Waals surface area contributed by atoms with Gasteiger partial charge in [0.05, 0.1) is 30.8 Å². The molecule has 8 heteroatoms. The molecule has 1 saturated heterocycles. The number of nitrogens with one attached hydrogen (secondary N) is 1. The molecule has 0 spiro atoms. The van der Waals surface area contributed by atoms with Crippen LogP contribution >= 0.6 is 0 Å². The molecule has 0 bridgehead atoms. The maximum absolute atomic E-state index is 12.1. The minimum atomic E-state index is -0.174. The van der Waals surface area contributed by atoms with Crippen LogP contribution in [0.25, 0.3) is 11.0 Å². The van der Waals surface area contributed by atoms with Gasteiger partial charge in [0.2, 0.25) is 5.89 Å². The number of benzene rings is 1. The first-order valence-corrected chi connectivity index (χ1v) is 8.37. The maximum atomic E-state index is 12.1. The number of para-hydroxylation sites is 2. The Morgan fingerprint density at radius 3 is 2.84 bits per heavy atom. The van der Waals surface area contributed by atoms with Crippen LogP contribution in [0, 0.1) is 0 Å². The molecule has 1 fully saturated rings. The molecule has 0 aliphatic carbocycles. The van der Waals surface area contributed by atoms with Crippen molar-refractivity contribution >= 4 is 11.0 Å². The summed E-state index contributed by atoms with van der Waals surface area (Å²) in [7, 11) is 0. The summed E-state index contributed by atoms with van der Waals surface area (Å²) in [5.41, 5.74) is 1.82. The average Bonchev–Trinajstić information content (AvgIpc) is 3.08. The van der Waals surface area contributed by atoms with Gasteiger partial charge in [0, 0.05) is 25.9 Å². The van der Waals surface area contributed by atoms with Crippen molar-refractivity contribution in [2.24, 2.45) is 0 Å². The average molecular weight is 341 g/mol. The second-order valence-electron chi connectivity index (χ2n) is 6.02. The second kappa shape index (κ2) is 7.12. The van der Waals surface area contributed by atoms with Crippen LogP contribution in [0.2, 0.25) is 0 Å². The smallest absolute Gasteiger partial charge is 0.270 e. The molecule has 130 valence electrons. The van der Waals surface area contributed by atoms with E-state index in [1.165, 1.54) is 0 Å². The molecule has 1 aliphatic rings. The number of nitrogens with zero attached hydrogens (tertiary/aromatic N) is 4. The van der Waals surface area contributed by atoms with E-state index in [4.69, 9.17) is 9.26 Å². The van der Waals surface area contributed by atoms with E-state index in [1.807, 2.05) is 24.3 Å². The van der Waals surface area contributed by atoms with Crippen molar-refractivity contribution in [1.29, 1.82) is 0 Å². The van der Waals surface area contributed by atoms with Gasteiger partial charge in [-0.2, -0.15) is 4.98 Å². The summed E-state index contributed by atoms with van der Waals surface area (Å²) >= 11 is 0. The Morgan fingerprint density at radius 2 is 1.96 bits per heavy atom. The summed E-state index contributed by atoms with van der Waals surface area (Å²) in [6.45, 7) is 3.88. The van der Waals surface area contributed by atoms with Crippen LogP contribution in [-0.4, -0.2) is 51.3 Å². The number of aromatic nitrogens is 4. The van der Waals surface area contributed by atoms with E-state index >= 15 is 0 Å². The fraction of sp³-hybridized carbons (Fsp3) is 0.412. The van der Waals surface area contributed by atoms with Gasteiger partial charge < -0.3 is 14.2 Å². The van der Waals surface area contributed by atoms with Crippen LogP contribution in [0.15, 0.2) is 33.6 Å². The summed E-state index contributed by atoms with van der Waals surface area (Å²) in [6, 6.07) is 7.48. The van der Waals surface area contributed by atoms with Gasteiger partial charge in [-0.3, -0.25) is 9.69 Å². The van der Waals surface area contributed by atoms with Gasteiger partial charge in [-0.15, -0.1) is 0 Å². The van der Waals surface area contributed by atoms with Crippen molar-refractivity contribution < 1.29 is 9.26 Å². The van der Waals surface area contributed by atoms with E-state index < -0.39 is 0 Å². The van der Waals surface area contributed by atoms with Gasteiger partial charge in [0.25, 0.3) is 5.56 Å². The molecule has 3 heterocycles. The highest BCUT2D eigenvalue weighted by atomic mass is 16.5. The zero-order chi connectivity index (χ0) is 17.1. The van der Waals surface area contributed by atoms with Gasteiger partial charge in [0.15, 0.2) is 5.82 Å². The molecule has 1 N–H and O–H groups in total. The Bertz CT molecular complexity index is 914. The highest BCUT2D eigenvalue weighted by Gasteiger charge is 2.15. The monoisotopic (exact) mass is 341 g/mol. The lowest BCUT2D eigenvalue weighted by Crippen LogP contribution is -2.35. The molecular weight excluding hydrogens is 322 g/mol. The van der Waals surface area contributed by atoms with Gasteiger partial charge >= 0.3 is 0 Å². The first kappa shape index (κ1) is 15.9. The summed E-state index contributed by atoms with van der Waals surface area (Å²) < 4.78 is 10.6. The van der Waals surface area contributed by atoms with Gasteiger partial charge in [-0.25, -0.2) is 4.98 Å². The molecule has 3 aromatic rings. The molecule has 2 aromatic heterocycles. The minimum Gasteiger partial charge on any atom is -0.379 e. The lowest BCUT2D eigenvalue weighted by Gasteiger charge is -2.24. The lowest BCUT2D eigenvalue weighted by molar-refractivity contribution is 0.0327. The third-order valence-electron chi connectivity index (χ3n) is 4.22. The van der Waals surface area contributed by atoms with E-state index in [9.17, 15) is 4.79 Å². The van der Waals surface area contributed by atoms with E-state index in [2.05, 4.69) is 25.0 Å². The Labute approximate surface area is 143 Å². The standard InChI is InChI=1S/C17H19N5O3/c23-17-14(18-12-3-1-2-4-13(12)19-17)5-6-16-20-15(21-25-16)11-22-7-9-24-10-8-22/h1-4H,5-11H2,(H,19,23). The quantitative estimate of drug-likeness (QED) is 0.737. The van der Waals surface area contributed by atoms with Crippen molar-refractivity contribution in [3.05, 3.63) is 52.0 Å². The van der Waals surface area contributed by atoms with E-state index in [1.54, 1.807) is 0 Å². The van der Waals surface area contributed by atoms with Crippen LogP contribution in [0.4, 0.5) is 0 Å². The molecule has 4 rings (SSSR count). The number of aromatic amines is 1. The van der Waals surface area contributed by atoms with Gasteiger partial charge in [-0.05, 0) is 12.1 Å². The maximum Gasteiger partial charge on any atom is 0.270 e. The molecule has 0 atom stereocenters. The molecule has 1 aromatic carbocycles. The van der Waals surface area contributed by atoms with E-state index in [-0.39, 0.29) is 5.56 Å². The van der Waals surface area contributed by atoms with E-state index in [0.29, 0.717) is 36.8 Å². The topological polar surface area (TPSA) is 97.1 Å². The molecule has 0 radical (unpaired) electrons. The van der Waals surface area contributed by atoms with Crippen molar-refractivity contribution in [1.82, 2.24) is 25.0 Å². The second-order valence-corrected chi connectivity index (χ2v) is 6.02. The number of aryl methyl sites for hydroxylation is 2. The SMILES string of the molecule is O=c1[nH]c2ccccc2nc1CCc1nc(CN2CCOCC2)no1. The summed E-state index contributed by atoms with van der Waals surface area (Å²) in [5, 5.41) is 4.02. The number of H-pyrrole nitrogens is 1. The zero-order valence-corrected chi connectivity index (χ0v) is 13.8. The largest absolute Gasteiger partial charge is 0.379 e. The molecule has 1 aliphatic heterocycles. The molecule has 0 amide bonds. The highest BCUT2D eigenvalue weighted by Crippen LogP contribution is 2.09. The summed E-state index contributed by atoms with van der Waals surface area (Å²) in [5.74, 6) is 1.19. The Kier molecular flexibility index (Phi) is 4.53. The predicted molar refractivity (Wildman–Crippen MR) is 90.2 cm³/mol. The predicted octanol–water partition coefficient (Wildman–Crippen LogP) is 0.923. The first-order chi connectivity index (χ1) is 12.3. The van der Waals surface area contributed by atoms with Crippen LogP contribution in [0.3, 0.4) is 0 Å². The van der Waals surface area contributed by atoms with Crippen molar-refractivity contribution in [3.63, 3.8) is 0 Å². The molecule has 8 nitrogen and oxygen atoms in total. The Morgan fingerprint density at radius 1 is 1.12 bits per heavy atom. The first-order valence-electron chi connectivity index (χ1n) is 8.37. The lowest BCUT2D eigenvalue weighted by atomic mass is 10.2. The van der Waals surface area contributed by atoms with Gasteiger partial charge in [-0.1, -0.05) is 17.3 Å². The highest BCUT2D eigenvalue weighted by molar-refractivity contribution is 5.73. The fourth-order valence-electron chi connectivity index (χ4n) is 2.88. The van der Waals surface area contributed by atoms with Crippen molar-refractivity contribution in [2.75, 3.05) is 26.3 Å². The normalized spacial score (nSPS) is 15.7. The fourth-order valence-corrected chi connectivity index (χ4v) is 2.88. The molecule has 0 saturated carbocycles. The van der Waals surface area contributed by atoms with Crippen LogP contribution in [-0.2, 0) is 24.1 Å². The van der Waals surface area contributed by atoms with Crippen molar-refractivity contribution in [2.45, 2.75) is 19.4 Å². The third-order valence-corrected chi connectivity index (χ3v) is 4.22. The van der Waals surface area contributed by atoms with Crippen LogP contribution in [0.5, 0.6) is 0 Å². The Balaban J connectivity index is 1.41.